The van der Waals surface area contributed by atoms with Crippen molar-refractivity contribution in [3.05, 3.63) is 12.4 Å². The molecule has 1 aromatic heterocycles. The van der Waals surface area contributed by atoms with Crippen LogP contribution in [0.5, 0.6) is 0 Å². The van der Waals surface area contributed by atoms with E-state index < -0.39 is 24.9 Å². The monoisotopic (exact) mass is 224 g/mol. The van der Waals surface area contributed by atoms with Crippen molar-refractivity contribution < 1.29 is 23.1 Å². The Morgan fingerprint density at radius 3 is 2.67 bits per heavy atom. The summed E-state index contributed by atoms with van der Waals surface area (Å²) in [5.41, 5.74) is 0. The summed E-state index contributed by atoms with van der Waals surface area (Å²) in [5.74, 6) is 0. The molecule has 1 unspecified atom stereocenters. The molecule has 1 heterocycles. The summed E-state index contributed by atoms with van der Waals surface area (Å²) in [5, 5.41) is 16.2. The highest BCUT2D eigenvalue weighted by Gasteiger charge is 2.41. The number of nitrogens with zero attached hydrogens (tertiary/aromatic N) is 3. The molecule has 15 heavy (non-hydrogen) atoms. The number of halogens is 3. The standard InChI is InChI=1S/C6H7F3N4O2/c7-6(8,9)4(11-5(14)15)3-13-2-1-10-12-13/h1-2,4,11H,3H2,(H,14,15). The molecular weight excluding hydrogens is 217 g/mol. The fraction of sp³-hybridized carbons (Fsp3) is 0.500. The van der Waals surface area contributed by atoms with Crippen LogP contribution in [-0.4, -0.2) is 38.4 Å². The van der Waals surface area contributed by atoms with E-state index in [1.54, 1.807) is 0 Å². The first-order valence-corrected chi connectivity index (χ1v) is 3.80. The minimum Gasteiger partial charge on any atom is -0.465 e. The van der Waals surface area contributed by atoms with Crippen LogP contribution in [0.2, 0.25) is 0 Å². The van der Waals surface area contributed by atoms with Gasteiger partial charge in [-0.25, -0.2) is 4.79 Å². The molecule has 1 amide bonds. The van der Waals surface area contributed by atoms with Crippen LogP contribution in [0.25, 0.3) is 0 Å². The van der Waals surface area contributed by atoms with E-state index in [9.17, 15) is 18.0 Å². The number of rotatable bonds is 3. The molecule has 0 aliphatic rings. The van der Waals surface area contributed by atoms with Gasteiger partial charge in [0.1, 0.15) is 6.04 Å². The predicted molar refractivity (Wildman–Crippen MR) is 41.0 cm³/mol. The molecule has 0 bridgehead atoms. The van der Waals surface area contributed by atoms with Gasteiger partial charge >= 0.3 is 12.3 Å². The Balaban J connectivity index is 2.69. The second-order valence-corrected chi connectivity index (χ2v) is 2.67. The summed E-state index contributed by atoms with van der Waals surface area (Å²) < 4.78 is 37.8. The van der Waals surface area contributed by atoms with E-state index in [1.165, 1.54) is 17.7 Å². The van der Waals surface area contributed by atoms with Gasteiger partial charge in [-0.3, -0.25) is 4.68 Å². The van der Waals surface area contributed by atoms with Crippen LogP contribution in [0.15, 0.2) is 12.4 Å². The van der Waals surface area contributed by atoms with Crippen molar-refractivity contribution >= 4 is 6.09 Å². The third-order valence-corrected chi connectivity index (χ3v) is 1.53. The average Bonchev–Trinajstić information content (AvgIpc) is 2.53. The molecule has 1 atom stereocenters. The van der Waals surface area contributed by atoms with Gasteiger partial charge in [0.25, 0.3) is 0 Å². The zero-order chi connectivity index (χ0) is 11.5. The Kier molecular flexibility index (Phi) is 3.12. The first-order valence-electron chi connectivity index (χ1n) is 3.80. The summed E-state index contributed by atoms with van der Waals surface area (Å²) in [6.45, 7) is -0.643. The van der Waals surface area contributed by atoms with E-state index in [0.717, 1.165) is 4.68 Å². The largest absolute Gasteiger partial charge is 0.465 e. The molecule has 0 aliphatic heterocycles. The molecule has 1 aromatic rings. The molecule has 0 aliphatic carbocycles. The van der Waals surface area contributed by atoms with Gasteiger partial charge in [0.15, 0.2) is 0 Å². The lowest BCUT2D eigenvalue weighted by molar-refractivity contribution is -0.157. The summed E-state index contributed by atoms with van der Waals surface area (Å²) in [4.78, 5) is 10.1. The van der Waals surface area contributed by atoms with E-state index in [-0.39, 0.29) is 0 Å². The quantitative estimate of drug-likeness (QED) is 0.782. The van der Waals surface area contributed by atoms with Crippen molar-refractivity contribution in [1.29, 1.82) is 0 Å². The Labute approximate surface area is 81.7 Å². The van der Waals surface area contributed by atoms with Crippen LogP contribution in [0.1, 0.15) is 0 Å². The Morgan fingerprint density at radius 1 is 1.60 bits per heavy atom. The van der Waals surface area contributed by atoms with Crippen molar-refractivity contribution in [2.75, 3.05) is 0 Å². The second-order valence-electron chi connectivity index (χ2n) is 2.67. The smallest absolute Gasteiger partial charge is 0.410 e. The molecule has 0 fully saturated rings. The highest BCUT2D eigenvalue weighted by atomic mass is 19.4. The number of hydrogen-bond donors (Lipinski definition) is 2. The fourth-order valence-corrected chi connectivity index (χ4v) is 0.897. The minimum absolute atomic E-state index is 0.643. The zero-order valence-electron chi connectivity index (χ0n) is 7.27. The van der Waals surface area contributed by atoms with E-state index in [0.29, 0.717) is 0 Å². The molecule has 0 saturated heterocycles. The van der Waals surface area contributed by atoms with Gasteiger partial charge in [-0.1, -0.05) is 5.21 Å². The van der Waals surface area contributed by atoms with E-state index >= 15 is 0 Å². The zero-order valence-corrected chi connectivity index (χ0v) is 7.27. The molecule has 0 radical (unpaired) electrons. The van der Waals surface area contributed by atoms with Crippen molar-refractivity contribution in [3.63, 3.8) is 0 Å². The first kappa shape index (κ1) is 11.3. The van der Waals surface area contributed by atoms with Crippen LogP contribution in [0.3, 0.4) is 0 Å². The first-order chi connectivity index (χ1) is 6.89. The molecule has 6 nitrogen and oxygen atoms in total. The van der Waals surface area contributed by atoms with Crippen LogP contribution in [-0.2, 0) is 6.54 Å². The Bertz CT molecular complexity index is 324. The van der Waals surface area contributed by atoms with Gasteiger partial charge in [0.2, 0.25) is 0 Å². The van der Waals surface area contributed by atoms with Crippen LogP contribution >= 0.6 is 0 Å². The fourth-order valence-electron chi connectivity index (χ4n) is 0.897. The molecule has 9 heteroatoms. The number of hydrogen-bond acceptors (Lipinski definition) is 3. The van der Waals surface area contributed by atoms with Gasteiger partial charge in [-0.15, -0.1) is 5.10 Å². The third kappa shape index (κ3) is 3.44. The van der Waals surface area contributed by atoms with Gasteiger partial charge in [-0.05, 0) is 0 Å². The van der Waals surface area contributed by atoms with Gasteiger partial charge < -0.3 is 10.4 Å². The van der Waals surface area contributed by atoms with E-state index in [4.69, 9.17) is 5.11 Å². The lowest BCUT2D eigenvalue weighted by Crippen LogP contribution is -2.47. The van der Waals surface area contributed by atoms with Crippen molar-refractivity contribution in [1.82, 2.24) is 20.3 Å². The molecule has 0 saturated carbocycles. The number of carbonyl (C=O) groups is 1. The summed E-state index contributed by atoms with van der Waals surface area (Å²) in [6, 6.07) is -2.20. The van der Waals surface area contributed by atoms with Gasteiger partial charge in [0, 0.05) is 6.20 Å². The Hall–Kier alpha value is -1.80. The number of nitrogens with one attached hydrogen (secondary N) is 1. The Morgan fingerprint density at radius 2 is 2.27 bits per heavy atom. The number of aromatic nitrogens is 3. The van der Waals surface area contributed by atoms with Crippen molar-refractivity contribution in [3.8, 4) is 0 Å². The normalized spacial score (nSPS) is 13.5. The van der Waals surface area contributed by atoms with Gasteiger partial charge in [-0.2, -0.15) is 13.2 Å². The summed E-state index contributed by atoms with van der Waals surface area (Å²) in [7, 11) is 0. The molecule has 0 aromatic carbocycles. The van der Waals surface area contributed by atoms with Gasteiger partial charge in [0.05, 0.1) is 12.7 Å². The highest BCUT2D eigenvalue weighted by molar-refractivity contribution is 5.64. The maximum atomic E-state index is 12.3. The molecular formula is C6H7F3N4O2. The third-order valence-electron chi connectivity index (χ3n) is 1.53. The molecule has 1 rings (SSSR count). The van der Waals surface area contributed by atoms with Crippen LogP contribution in [0, 0.1) is 0 Å². The topological polar surface area (TPSA) is 80.0 Å². The average molecular weight is 224 g/mol. The molecule has 0 spiro atoms. The van der Waals surface area contributed by atoms with E-state index in [1.807, 2.05) is 0 Å². The number of alkyl halides is 3. The summed E-state index contributed by atoms with van der Waals surface area (Å²) in [6.07, 6.45) is -3.99. The SMILES string of the molecule is O=C(O)NC(Cn1ccnn1)C(F)(F)F. The second kappa shape index (κ2) is 4.15. The lowest BCUT2D eigenvalue weighted by atomic mass is 10.3. The maximum Gasteiger partial charge on any atom is 0.410 e. The maximum absolute atomic E-state index is 12.3. The number of carboxylic acid groups (broad SMARTS) is 1. The summed E-state index contributed by atoms with van der Waals surface area (Å²) >= 11 is 0. The molecule has 2 N–H and O–H groups in total. The minimum atomic E-state index is -4.66. The lowest BCUT2D eigenvalue weighted by Gasteiger charge is -2.19. The van der Waals surface area contributed by atoms with Crippen molar-refractivity contribution in [2.45, 2.75) is 18.8 Å². The van der Waals surface area contributed by atoms with Crippen molar-refractivity contribution in [2.24, 2.45) is 0 Å². The molecule has 84 valence electrons. The number of amides is 1. The predicted octanol–water partition coefficient (Wildman–Crippen LogP) is 0.477. The van der Waals surface area contributed by atoms with Crippen LogP contribution in [0.4, 0.5) is 18.0 Å². The van der Waals surface area contributed by atoms with Crippen LogP contribution < -0.4 is 5.32 Å². The van der Waals surface area contributed by atoms with E-state index in [2.05, 4.69) is 10.3 Å². The highest BCUT2D eigenvalue weighted by Crippen LogP contribution is 2.21.